The summed E-state index contributed by atoms with van der Waals surface area (Å²) in [5, 5.41) is 0.717. The van der Waals surface area contributed by atoms with Gasteiger partial charge in [-0.2, -0.15) is 0 Å². The fourth-order valence-electron chi connectivity index (χ4n) is 2.97. The van der Waals surface area contributed by atoms with Crippen molar-refractivity contribution in [1.29, 1.82) is 0 Å². The molecule has 0 saturated carbocycles. The Morgan fingerprint density at radius 1 is 1.26 bits per heavy atom. The number of pyridine rings is 1. The first-order valence-electron chi connectivity index (χ1n) is 8.59. The van der Waals surface area contributed by atoms with Crippen molar-refractivity contribution in [1.82, 2.24) is 4.98 Å². The van der Waals surface area contributed by atoms with Gasteiger partial charge in [0.05, 0.1) is 24.3 Å². The fourth-order valence-corrected chi connectivity index (χ4v) is 3.98. The number of aromatic nitrogens is 1. The molecule has 1 aromatic carbocycles. The van der Waals surface area contributed by atoms with E-state index in [0.717, 1.165) is 16.8 Å². The summed E-state index contributed by atoms with van der Waals surface area (Å²) in [4.78, 5) is 18.1. The average Bonchev–Trinajstić information content (AvgIpc) is 3.30. The number of furan rings is 1. The molecule has 4 aromatic rings. The van der Waals surface area contributed by atoms with E-state index in [1.54, 1.807) is 13.2 Å². The van der Waals surface area contributed by atoms with Gasteiger partial charge in [0.1, 0.15) is 15.5 Å². The molecule has 6 heteroatoms. The van der Waals surface area contributed by atoms with Gasteiger partial charge in [-0.25, -0.2) is 9.78 Å². The van der Waals surface area contributed by atoms with E-state index >= 15 is 0 Å². The number of carbonyl (C=O) groups is 1. The first-order valence-corrected chi connectivity index (χ1v) is 9.41. The Labute approximate surface area is 160 Å². The maximum Gasteiger partial charge on any atom is 0.350 e. The van der Waals surface area contributed by atoms with Crippen LogP contribution >= 0.6 is 11.3 Å². The van der Waals surface area contributed by atoms with Crippen molar-refractivity contribution in [3.63, 3.8) is 0 Å². The number of esters is 1. The van der Waals surface area contributed by atoms with Crippen LogP contribution in [0.2, 0.25) is 0 Å². The Hall–Kier alpha value is -3.12. The highest BCUT2D eigenvalue weighted by atomic mass is 32.1. The number of anilines is 1. The molecule has 3 heterocycles. The van der Waals surface area contributed by atoms with Gasteiger partial charge in [-0.05, 0) is 32.0 Å². The van der Waals surface area contributed by atoms with E-state index in [1.165, 1.54) is 16.9 Å². The molecule has 2 N–H and O–H groups in total. The lowest BCUT2D eigenvalue weighted by Gasteiger charge is -2.07. The summed E-state index contributed by atoms with van der Waals surface area (Å²) in [6.45, 7) is 4.10. The number of nitrogens with two attached hydrogens (primary N) is 1. The summed E-state index contributed by atoms with van der Waals surface area (Å²) in [6, 6.07) is 13.8. The molecule has 0 aliphatic heterocycles. The SMILES string of the molecule is CCOC(=O)c1sc2nc(-c3ccc(C)cc3)cc(-c3ccco3)c2c1N. The summed E-state index contributed by atoms with van der Waals surface area (Å²) in [5.41, 5.74) is 10.5. The third-order valence-corrected chi connectivity index (χ3v) is 5.37. The highest BCUT2D eigenvalue weighted by Crippen LogP contribution is 2.41. The lowest BCUT2D eigenvalue weighted by molar-refractivity contribution is 0.0533. The monoisotopic (exact) mass is 378 g/mol. The van der Waals surface area contributed by atoms with Gasteiger partial charge in [0.15, 0.2) is 0 Å². The fraction of sp³-hybridized carbons (Fsp3) is 0.143. The van der Waals surface area contributed by atoms with E-state index in [2.05, 4.69) is 0 Å². The number of hydrogen-bond donors (Lipinski definition) is 1. The third kappa shape index (κ3) is 3.08. The minimum Gasteiger partial charge on any atom is -0.464 e. The number of ether oxygens (including phenoxy) is 1. The van der Waals surface area contributed by atoms with Gasteiger partial charge >= 0.3 is 5.97 Å². The van der Waals surface area contributed by atoms with Gasteiger partial charge in [0.2, 0.25) is 0 Å². The van der Waals surface area contributed by atoms with E-state index < -0.39 is 5.97 Å². The number of hydrogen-bond acceptors (Lipinski definition) is 6. The summed E-state index contributed by atoms with van der Waals surface area (Å²) < 4.78 is 10.8. The maximum absolute atomic E-state index is 12.3. The lowest BCUT2D eigenvalue weighted by atomic mass is 10.0. The van der Waals surface area contributed by atoms with Crippen LogP contribution in [-0.4, -0.2) is 17.6 Å². The molecule has 0 radical (unpaired) electrons. The molecule has 0 saturated heterocycles. The van der Waals surface area contributed by atoms with Crippen molar-refractivity contribution < 1.29 is 13.9 Å². The van der Waals surface area contributed by atoms with E-state index in [0.29, 0.717) is 33.1 Å². The quantitative estimate of drug-likeness (QED) is 0.488. The van der Waals surface area contributed by atoms with Gasteiger partial charge < -0.3 is 14.9 Å². The number of nitrogen functional groups attached to an aromatic ring is 1. The molecule has 3 aromatic heterocycles. The Kier molecular flexibility index (Phi) is 4.41. The molecule has 0 amide bonds. The van der Waals surface area contributed by atoms with Crippen molar-refractivity contribution in [3.8, 4) is 22.6 Å². The first-order chi connectivity index (χ1) is 13.1. The van der Waals surface area contributed by atoms with Crippen LogP contribution < -0.4 is 5.73 Å². The molecule has 0 unspecified atom stereocenters. The van der Waals surface area contributed by atoms with Crippen LogP contribution in [0.15, 0.2) is 53.1 Å². The van der Waals surface area contributed by atoms with Crippen molar-refractivity contribution in [2.75, 3.05) is 12.3 Å². The van der Waals surface area contributed by atoms with E-state index in [4.69, 9.17) is 19.9 Å². The number of nitrogens with zero attached hydrogens (tertiary/aromatic N) is 1. The minimum atomic E-state index is -0.430. The molecular formula is C21H18N2O3S. The maximum atomic E-state index is 12.3. The number of benzene rings is 1. The minimum absolute atomic E-state index is 0.291. The standard InChI is InChI=1S/C21H18N2O3S/c1-3-25-21(24)19-18(22)17-14(16-5-4-10-26-16)11-15(23-20(17)27-19)13-8-6-12(2)7-9-13/h4-11H,3,22H2,1-2H3. The Bertz CT molecular complexity index is 1110. The summed E-state index contributed by atoms with van der Waals surface area (Å²) >= 11 is 1.24. The summed E-state index contributed by atoms with van der Waals surface area (Å²) in [6.07, 6.45) is 1.61. The highest BCUT2D eigenvalue weighted by molar-refractivity contribution is 7.21. The van der Waals surface area contributed by atoms with Crippen LogP contribution in [0, 0.1) is 6.92 Å². The number of rotatable bonds is 4. The summed E-state index contributed by atoms with van der Waals surface area (Å²) in [7, 11) is 0. The zero-order valence-corrected chi connectivity index (χ0v) is 15.8. The molecule has 5 nitrogen and oxygen atoms in total. The zero-order valence-electron chi connectivity index (χ0n) is 15.0. The van der Waals surface area contributed by atoms with Crippen molar-refractivity contribution in [2.45, 2.75) is 13.8 Å². The molecule has 0 atom stereocenters. The second-order valence-corrected chi connectivity index (χ2v) is 7.14. The Balaban J connectivity index is 1.98. The lowest BCUT2D eigenvalue weighted by Crippen LogP contribution is -2.04. The number of carbonyl (C=O) groups excluding carboxylic acids is 1. The molecule has 0 bridgehead atoms. The molecule has 0 aliphatic carbocycles. The van der Waals surface area contributed by atoms with Gasteiger partial charge in [-0.3, -0.25) is 0 Å². The molecule has 27 heavy (non-hydrogen) atoms. The predicted octanol–water partition coefficient (Wildman–Crippen LogP) is 5.29. The van der Waals surface area contributed by atoms with Gasteiger partial charge in [0, 0.05) is 16.5 Å². The molecule has 0 fully saturated rings. The number of aryl methyl sites for hydroxylation is 1. The molecule has 0 spiro atoms. The smallest absolute Gasteiger partial charge is 0.350 e. The average molecular weight is 378 g/mol. The van der Waals surface area contributed by atoms with E-state index in [1.807, 2.05) is 49.4 Å². The van der Waals surface area contributed by atoms with Gasteiger partial charge in [-0.1, -0.05) is 29.8 Å². The Morgan fingerprint density at radius 3 is 2.70 bits per heavy atom. The van der Waals surface area contributed by atoms with Gasteiger partial charge in [0.25, 0.3) is 0 Å². The normalized spacial score (nSPS) is 11.0. The van der Waals surface area contributed by atoms with Crippen LogP contribution in [-0.2, 0) is 4.74 Å². The van der Waals surface area contributed by atoms with E-state index in [9.17, 15) is 4.79 Å². The highest BCUT2D eigenvalue weighted by Gasteiger charge is 2.23. The molecular weight excluding hydrogens is 360 g/mol. The molecule has 4 rings (SSSR count). The Morgan fingerprint density at radius 2 is 2.04 bits per heavy atom. The van der Waals surface area contributed by atoms with Crippen molar-refractivity contribution in [2.24, 2.45) is 0 Å². The van der Waals surface area contributed by atoms with Crippen molar-refractivity contribution >= 4 is 33.2 Å². The molecule has 0 aliphatic rings. The van der Waals surface area contributed by atoms with Crippen LogP contribution in [0.25, 0.3) is 32.8 Å². The zero-order chi connectivity index (χ0) is 19.0. The third-order valence-electron chi connectivity index (χ3n) is 4.29. The first kappa shape index (κ1) is 17.3. The van der Waals surface area contributed by atoms with Crippen molar-refractivity contribution in [3.05, 3.63) is 59.2 Å². The van der Waals surface area contributed by atoms with Crippen LogP contribution in [0.3, 0.4) is 0 Å². The number of fused-ring (bicyclic) bond motifs is 1. The van der Waals surface area contributed by atoms with Crippen LogP contribution in [0.5, 0.6) is 0 Å². The molecule has 136 valence electrons. The second-order valence-electron chi connectivity index (χ2n) is 6.14. The predicted molar refractivity (Wildman–Crippen MR) is 108 cm³/mol. The van der Waals surface area contributed by atoms with Crippen LogP contribution in [0.4, 0.5) is 5.69 Å². The van der Waals surface area contributed by atoms with Gasteiger partial charge in [-0.15, -0.1) is 11.3 Å². The number of thiophene rings is 1. The summed E-state index contributed by atoms with van der Waals surface area (Å²) in [5.74, 6) is 0.246. The van der Waals surface area contributed by atoms with E-state index in [-0.39, 0.29) is 0 Å². The second kappa shape index (κ2) is 6.89. The van der Waals surface area contributed by atoms with Crippen LogP contribution in [0.1, 0.15) is 22.2 Å². The topological polar surface area (TPSA) is 78.3 Å². The largest absolute Gasteiger partial charge is 0.464 e.